The van der Waals surface area contributed by atoms with Gasteiger partial charge in [-0.2, -0.15) is 0 Å². The fraction of sp³-hybridized carbons (Fsp3) is 0.250. The van der Waals surface area contributed by atoms with Gasteiger partial charge in [0.05, 0.1) is 0 Å². The first-order valence-corrected chi connectivity index (χ1v) is 6.27. The molecule has 94 valence electrons. The van der Waals surface area contributed by atoms with Gasteiger partial charge in [-0.15, -0.1) is 0 Å². The van der Waals surface area contributed by atoms with E-state index in [9.17, 15) is 5.11 Å². The van der Waals surface area contributed by atoms with E-state index in [1.165, 1.54) is 11.1 Å². The van der Waals surface area contributed by atoms with Gasteiger partial charge in [-0.25, -0.2) is 0 Å². The van der Waals surface area contributed by atoms with E-state index in [2.05, 4.69) is 29.6 Å². The zero-order valence-electron chi connectivity index (χ0n) is 10.6. The van der Waals surface area contributed by atoms with Crippen LogP contribution in [-0.4, -0.2) is 18.7 Å². The maximum Gasteiger partial charge on any atom is 0.115 e. The zero-order valence-corrected chi connectivity index (χ0v) is 10.6. The van der Waals surface area contributed by atoms with Crippen LogP contribution in [-0.2, 0) is 6.42 Å². The summed E-state index contributed by atoms with van der Waals surface area (Å²) in [5.74, 6) is 0.782. The molecule has 1 unspecified atom stereocenters. The molecular formula is C16H19NO. The summed E-state index contributed by atoms with van der Waals surface area (Å²) in [6.07, 6.45) is 0.977. The lowest BCUT2D eigenvalue weighted by Gasteiger charge is -2.17. The van der Waals surface area contributed by atoms with Crippen molar-refractivity contribution in [3.05, 3.63) is 65.7 Å². The molecule has 0 spiro atoms. The molecule has 0 saturated heterocycles. The van der Waals surface area contributed by atoms with Crippen molar-refractivity contribution >= 4 is 0 Å². The highest BCUT2D eigenvalue weighted by Crippen LogP contribution is 2.21. The van der Waals surface area contributed by atoms with Gasteiger partial charge in [0.25, 0.3) is 0 Å². The number of hydrogen-bond donors (Lipinski definition) is 2. The molecule has 1 atom stereocenters. The summed E-state index contributed by atoms with van der Waals surface area (Å²) in [6.45, 7) is 0.949. The minimum absolute atomic E-state index is 0.323. The van der Waals surface area contributed by atoms with Crippen molar-refractivity contribution in [1.29, 1.82) is 0 Å². The van der Waals surface area contributed by atoms with Crippen LogP contribution in [0.15, 0.2) is 54.6 Å². The molecule has 0 aromatic heterocycles. The first kappa shape index (κ1) is 12.7. The molecule has 2 aromatic carbocycles. The van der Waals surface area contributed by atoms with E-state index in [-0.39, 0.29) is 0 Å². The van der Waals surface area contributed by atoms with Crippen LogP contribution in [0.1, 0.15) is 17.0 Å². The normalized spacial score (nSPS) is 12.3. The molecule has 2 rings (SSSR count). The van der Waals surface area contributed by atoms with E-state index < -0.39 is 0 Å². The molecular weight excluding hydrogens is 222 g/mol. The lowest BCUT2D eigenvalue weighted by Crippen LogP contribution is -2.19. The molecule has 0 aliphatic heterocycles. The number of benzene rings is 2. The summed E-state index contributed by atoms with van der Waals surface area (Å²) in [6, 6.07) is 18.0. The van der Waals surface area contributed by atoms with Gasteiger partial charge in [-0.3, -0.25) is 0 Å². The third-order valence-corrected chi connectivity index (χ3v) is 3.14. The van der Waals surface area contributed by atoms with Crippen molar-refractivity contribution in [2.75, 3.05) is 13.6 Å². The van der Waals surface area contributed by atoms with Crippen LogP contribution in [0.2, 0.25) is 0 Å². The van der Waals surface area contributed by atoms with Gasteiger partial charge in [0.1, 0.15) is 5.75 Å². The van der Waals surface area contributed by atoms with Gasteiger partial charge in [-0.05, 0) is 36.7 Å². The zero-order chi connectivity index (χ0) is 12.8. The van der Waals surface area contributed by atoms with Crippen LogP contribution in [0.5, 0.6) is 5.75 Å². The molecule has 0 heterocycles. The molecule has 0 aliphatic rings. The Bertz CT molecular complexity index is 464. The van der Waals surface area contributed by atoms with Crippen LogP contribution in [0.4, 0.5) is 0 Å². The minimum Gasteiger partial charge on any atom is -0.508 e. The van der Waals surface area contributed by atoms with Gasteiger partial charge in [0.15, 0.2) is 0 Å². The van der Waals surface area contributed by atoms with Crippen molar-refractivity contribution in [1.82, 2.24) is 5.32 Å². The summed E-state index contributed by atoms with van der Waals surface area (Å²) in [5, 5.41) is 12.5. The first-order valence-electron chi connectivity index (χ1n) is 6.27. The van der Waals surface area contributed by atoms with Gasteiger partial charge in [0, 0.05) is 12.5 Å². The SMILES string of the molecule is CNCC(Cc1ccc(O)cc1)c1ccccc1. The van der Waals surface area contributed by atoms with Crippen LogP contribution in [0, 0.1) is 0 Å². The molecule has 0 aliphatic carbocycles. The lowest BCUT2D eigenvalue weighted by atomic mass is 9.92. The van der Waals surface area contributed by atoms with Gasteiger partial charge in [0.2, 0.25) is 0 Å². The fourth-order valence-electron chi connectivity index (χ4n) is 2.20. The Labute approximate surface area is 108 Å². The molecule has 0 bridgehead atoms. The second kappa shape index (κ2) is 6.22. The number of phenols is 1. The molecule has 2 nitrogen and oxygen atoms in total. The number of nitrogens with one attached hydrogen (secondary N) is 1. The Morgan fingerprint density at radius 2 is 1.67 bits per heavy atom. The van der Waals surface area contributed by atoms with Crippen LogP contribution >= 0.6 is 0 Å². The Morgan fingerprint density at radius 1 is 1.00 bits per heavy atom. The second-order valence-electron chi connectivity index (χ2n) is 4.54. The summed E-state index contributed by atoms with van der Waals surface area (Å²) in [4.78, 5) is 0. The van der Waals surface area contributed by atoms with Crippen molar-refractivity contribution in [3.63, 3.8) is 0 Å². The predicted octanol–water partition coefficient (Wildman–Crippen LogP) is 2.94. The standard InChI is InChI=1S/C16H19NO/c1-17-12-15(14-5-3-2-4-6-14)11-13-7-9-16(18)10-8-13/h2-10,15,17-18H,11-12H2,1H3. The van der Waals surface area contributed by atoms with E-state index in [1.807, 2.05) is 25.2 Å². The Balaban J connectivity index is 2.14. The van der Waals surface area contributed by atoms with E-state index in [0.717, 1.165) is 13.0 Å². The monoisotopic (exact) mass is 241 g/mol. The molecule has 0 saturated carbocycles. The lowest BCUT2D eigenvalue weighted by molar-refractivity contribution is 0.475. The van der Waals surface area contributed by atoms with E-state index in [0.29, 0.717) is 11.7 Å². The Morgan fingerprint density at radius 3 is 2.28 bits per heavy atom. The highest BCUT2D eigenvalue weighted by Gasteiger charge is 2.11. The Hall–Kier alpha value is -1.80. The number of aromatic hydroxyl groups is 1. The predicted molar refractivity (Wildman–Crippen MR) is 74.9 cm³/mol. The van der Waals surface area contributed by atoms with E-state index in [4.69, 9.17) is 0 Å². The van der Waals surface area contributed by atoms with Crippen LogP contribution < -0.4 is 5.32 Å². The highest BCUT2D eigenvalue weighted by molar-refractivity contribution is 5.29. The number of hydrogen-bond acceptors (Lipinski definition) is 2. The third-order valence-electron chi connectivity index (χ3n) is 3.14. The summed E-state index contributed by atoms with van der Waals surface area (Å²) >= 11 is 0. The number of phenolic OH excluding ortho intramolecular Hbond substituents is 1. The first-order chi connectivity index (χ1) is 8.79. The molecule has 2 heteroatoms. The molecule has 18 heavy (non-hydrogen) atoms. The summed E-state index contributed by atoms with van der Waals surface area (Å²) in [7, 11) is 1.98. The van der Waals surface area contributed by atoms with E-state index >= 15 is 0 Å². The van der Waals surface area contributed by atoms with E-state index in [1.54, 1.807) is 12.1 Å². The van der Waals surface area contributed by atoms with Crippen LogP contribution in [0.25, 0.3) is 0 Å². The fourth-order valence-corrected chi connectivity index (χ4v) is 2.20. The van der Waals surface area contributed by atoms with Crippen molar-refractivity contribution in [2.45, 2.75) is 12.3 Å². The number of rotatable bonds is 5. The molecule has 0 fully saturated rings. The quantitative estimate of drug-likeness (QED) is 0.843. The van der Waals surface area contributed by atoms with Gasteiger partial charge >= 0.3 is 0 Å². The molecule has 2 N–H and O–H groups in total. The molecule has 2 aromatic rings. The van der Waals surface area contributed by atoms with Crippen molar-refractivity contribution in [2.24, 2.45) is 0 Å². The van der Waals surface area contributed by atoms with Crippen molar-refractivity contribution < 1.29 is 5.11 Å². The van der Waals surface area contributed by atoms with Gasteiger partial charge < -0.3 is 10.4 Å². The summed E-state index contributed by atoms with van der Waals surface area (Å²) in [5.41, 5.74) is 2.59. The molecule has 0 amide bonds. The average molecular weight is 241 g/mol. The second-order valence-corrected chi connectivity index (χ2v) is 4.54. The maximum absolute atomic E-state index is 9.30. The number of likely N-dealkylation sites (N-methyl/N-ethyl adjacent to an activating group) is 1. The van der Waals surface area contributed by atoms with Gasteiger partial charge in [-0.1, -0.05) is 42.5 Å². The average Bonchev–Trinajstić information content (AvgIpc) is 2.42. The smallest absolute Gasteiger partial charge is 0.115 e. The third kappa shape index (κ3) is 3.34. The maximum atomic E-state index is 9.30. The van der Waals surface area contributed by atoms with Crippen molar-refractivity contribution in [3.8, 4) is 5.75 Å². The highest BCUT2D eigenvalue weighted by atomic mass is 16.3. The summed E-state index contributed by atoms with van der Waals surface area (Å²) < 4.78 is 0. The Kier molecular flexibility index (Phi) is 4.37. The largest absolute Gasteiger partial charge is 0.508 e. The minimum atomic E-state index is 0.323. The van der Waals surface area contributed by atoms with Crippen LogP contribution in [0.3, 0.4) is 0 Å². The topological polar surface area (TPSA) is 32.3 Å². The molecule has 0 radical (unpaired) electrons.